The van der Waals surface area contributed by atoms with E-state index in [0.717, 1.165) is 29.9 Å². The lowest BCUT2D eigenvalue weighted by Crippen LogP contribution is -2.39. The average Bonchev–Trinajstić information content (AvgIpc) is 2.83. The molecule has 25 heavy (non-hydrogen) atoms. The number of hydrogen-bond acceptors (Lipinski definition) is 2. The highest BCUT2D eigenvalue weighted by Crippen LogP contribution is 2.21. The molecule has 2 amide bonds. The molecule has 2 N–H and O–H groups in total. The highest BCUT2D eigenvalue weighted by atomic mass is 16.2. The fraction of sp³-hybridized carbons (Fsp3) is 0.500. The van der Waals surface area contributed by atoms with Crippen molar-refractivity contribution in [1.29, 1.82) is 0 Å². The number of carbonyl (C=O) groups is 1. The van der Waals surface area contributed by atoms with Crippen molar-refractivity contribution < 1.29 is 4.79 Å². The van der Waals surface area contributed by atoms with Crippen LogP contribution in [0.25, 0.3) is 0 Å². The Morgan fingerprint density at radius 2 is 1.96 bits per heavy atom. The molecule has 2 aromatic rings. The quantitative estimate of drug-likeness (QED) is 0.871. The molecule has 1 aromatic heterocycles. The molecule has 0 bridgehead atoms. The summed E-state index contributed by atoms with van der Waals surface area (Å²) < 4.78 is 1.96. The van der Waals surface area contributed by atoms with E-state index in [1.807, 2.05) is 18.5 Å². The maximum atomic E-state index is 12.3. The molecule has 5 heteroatoms. The molecule has 0 radical (unpaired) electrons. The highest BCUT2D eigenvalue weighted by molar-refractivity contribution is 5.90. The summed E-state index contributed by atoms with van der Waals surface area (Å²) in [6.45, 7) is 6.75. The zero-order valence-electron chi connectivity index (χ0n) is 15.4. The highest BCUT2D eigenvalue weighted by Gasteiger charge is 2.18. The molecule has 3 rings (SSSR count). The molecule has 1 aliphatic carbocycles. The number of nitrogens with zero attached hydrogens (tertiary/aromatic N) is 2. The molecule has 0 atom stereocenters. The molecule has 1 saturated carbocycles. The van der Waals surface area contributed by atoms with Crippen molar-refractivity contribution in [1.82, 2.24) is 15.1 Å². The molecule has 134 valence electrons. The van der Waals surface area contributed by atoms with Crippen LogP contribution in [-0.2, 0) is 6.54 Å². The smallest absolute Gasteiger partial charge is 0.319 e. The number of aryl methyl sites for hydroxylation is 2. The van der Waals surface area contributed by atoms with Crippen molar-refractivity contribution in [3.8, 4) is 0 Å². The molecule has 0 spiro atoms. The van der Waals surface area contributed by atoms with E-state index < -0.39 is 0 Å². The lowest BCUT2D eigenvalue weighted by Gasteiger charge is -2.22. The lowest BCUT2D eigenvalue weighted by atomic mass is 9.96. The first-order valence-corrected chi connectivity index (χ1v) is 9.20. The van der Waals surface area contributed by atoms with Crippen LogP contribution in [0.3, 0.4) is 0 Å². The molecule has 0 unspecified atom stereocenters. The number of benzene rings is 1. The normalized spacial score (nSPS) is 15.2. The van der Waals surface area contributed by atoms with Crippen LogP contribution in [0.5, 0.6) is 0 Å². The van der Waals surface area contributed by atoms with E-state index in [2.05, 4.69) is 46.9 Å². The van der Waals surface area contributed by atoms with E-state index in [4.69, 9.17) is 0 Å². The predicted molar refractivity (Wildman–Crippen MR) is 101 cm³/mol. The van der Waals surface area contributed by atoms with E-state index >= 15 is 0 Å². The summed E-state index contributed by atoms with van der Waals surface area (Å²) in [7, 11) is 0. The number of anilines is 1. The van der Waals surface area contributed by atoms with Crippen molar-refractivity contribution in [2.45, 2.75) is 65.5 Å². The van der Waals surface area contributed by atoms with E-state index in [-0.39, 0.29) is 6.03 Å². The Morgan fingerprint density at radius 3 is 2.68 bits per heavy atom. The second-order valence-corrected chi connectivity index (χ2v) is 7.13. The van der Waals surface area contributed by atoms with Gasteiger partial charge >= 0.3 is 6.03 Å². The average molecular weight is 340 g/mol. The third-order valence-corrected chi connectivity index (χ3v) is 4.98. The van der Waals surface area contributed by atoms with E-state index in [1.165, 1.54) is 30.4 Å². The van der Waals surface area contributed by atoms with E-state index in [9.17, 15) is 4.79 Å². The number of aromatic nitrogens is 2. The van der Waals surface area contributed by atoms with Crippen LogP contribution in [-0.4, -0.2) is 21.9 Å². The van der Waals surface area contributed by atoms with Gasteiger partial charge in [-0.3, -0.25) is 4.68 Å². The second kappa shape index (κ2) is 7.72. The van der Waals surface area contributed by atoms with Gasteiger partial charge in [0.05, 0.1) is 23.6 Å². The van der Waals surface area contributed by atoms with Gasteiger partial charge in [-0.15, -0.1) is 0 Å². The lowest BCUT2D eigenvalue weighted by molar-refractivity contribution is 0.244. The third-order valence-electron chi connectivity index (χ3n) is 4.98. The number of carbonyl (C=O) groups excluding carboxylic acids is 1. The van der Waals surface area contributed by atoms with Gasteiger partial charge in [-0.2, -0.15) is 5.10 Å². The summed E-state index contributed by atoms with van der Waals surface area (Å²) in [6.07, 6.45) is 5.86. The molecule has 5 nitrogen and oxygen atoms in total. The van der Waals surface area contributed by atoms with Gasteiger partial charge in [-0.1, -0.05) is 49.1 Å². The Kier molecular flexibility index (Phi) is 5.41. The van der Waals surface area contributed by atoms with Crippen LogP contribution < -0.4 is 10.6 Å². The van der Waals surface area contributed by atoms with E-state index in [0.29, 0.717) is 12.6 Å². The van der Waals surface area contributed by atoms with E-state index in [1.54, 1.807) is 0 Å². The molecule has 0 saturated heterocycles. The summed E-state index contributed by atoms with van der Waals surface area (Å²) in [5.74, 6) is 0. The van der Waals surface area contributed by atoms with Gasteiger partial charge in [0.15, 0.2) is 0 Å². The molecular formula is C20H28N4O. The summed E-state index contributed by atoms with van der Waals surface area (Å²) in [5, 5.41) is 10.7. The first-order valence-electron chi connectivity index (χ1n) is 9.20. The zero-order valence-corrected chi connectivity index (χ0v) is 15.4. The molecule has 1 aromatic carbocycles. The monoisotopic (exact) mass is 340 g/mol. The zero-order chi connectivity index (χ0) is 17.8. The SMILES string of the molecule is Cc1cccc(Cn2nc(C)c(NC(=O)NC3CCCCC3)c2C)c1. The molecule has 0 aliphatic heterocycles. The van der Waals surface area contributed by atoms with Crippen molar-refractivity contribution in [2.24, 2.45) is 0 Å². The number of urea groups is 1. The maximum absolute atomic E-state index is 12.3. The number of hydrogen-bond donors (Lipinski definition) is 2. The van der Waals surface area contributed by atoms with Gasteiger partial charge in [-0.05, 0) is 39.2 Å². The Hall–Kier alpha value is -2.30. The van der Waals surface area contributed by atoms with Crippen LogP contribution in [0.15, 0.2) is 24.3 Å². The summed E-state index contributed by atoms with van der Waals surface area (Å²) in [5.41, 5.74) is 5.11. The number of amides is 2. The Morgan fingerprint density at radius 1 is 1.20 bits per heavy atom. The van der Waals surface area contributed by atoms with Gasteiger partial charge in [0.25, 0.3) is 0 Å². The first kappa shape index (κ1) is 17.5. The Labute approximate surface area is 149 Å². The van der Waals surface area contributed by atoms with Crippen LogP contribution in [0.2, 0.25) is 0 Å². The minimum Gasteiger partial charge on any atom is -0.335 e. The summed E-state index contributed by atoms with van der Waals surface area (Å²) >= 11 is 0. The largest absolute Gasteiger partial charge is 0.335 e. The Bertz CT molecular complexity index is 744. The molecule has 1 fully saturated rings. The van der Waals surface area contributed by atoms with Gasteiger partial charge < -0.3 is 10.6 Å². The molecule has 1 aliphatic rings. The van der Waals surface area contributed by atoms with Gasteiger partial charge in [0.1, 0.15) is 0 Å². The molecular weight excluding hydrogens is 312 g/mol. The van der Waals surface area contributed by atoms with Gasteiger partial charge in [0, 0.05) is 6.04 Å². The third kappa shape index (κ3) is 4.41. The summed E-state index contributed by atoms with van der Waals surface area (Å²) in [4.78, 5) is 12.3. The Balaban J connectivity index is 1.67. The fourth-order valence-electron chi connectivity index (χ4n) is 3.60. The maximum Gasteiger partial charge on any atom is 0.319 e. The fourth-order valence-corrected chi connectivity index (χ4v) is 3.60. The van der Waals surface area contributed by atoms with Crippen LogP contribution >= 0.6 is 0 Å². The van der Waals surface area contributed by atoms with Crippen molar-refractivity contribution in [2.75, 3.05) is 5.32 Å². The molecule has 1 heterocycles. The first-order chi connectivity index (χ1) is 12.0. The van der Waals surface area contributed by atoms with Crippen LogP contribution in [0.1, 0.15) is 54.6 Å². The summed E-state index contributed by atoms with van der Waals surface area (Å²) in [6, 6.07) is 8.61. The minimum atomic E-state index is -0.117. The topological polar surface area (TPSA) is 59.0 Å². The second-order valence-electron chi connectivity index (χ2n) is 7.13. The minimum absolute atomic E-state index is 0.117. The van der Waals surface area contributed by atoms with Crippen molar-refractivity contribution in [3.63, 3.8) is 0 Å². The number of nitrogens with one attached hydrogen (secondary N) is 2. The van der Waals surface area contributed by atoms with Crippen LogP contribution in [0.4, 0.5) is 10.5 Å². The van der Waals surface area contributed by atoms with Crippen LogP contribution in [0, 0.1) is 20.8 Å². The standard InChI is InChI=1S/C20H28N4O/c1-14-8-7-9-17(12-14)13-24-16(3)19(15(2)23-24)22-20(25)21-18-10-5-4-6-11-18/h7-9,12,18H,4-6,10-11,13H2,1-3H3,(H2,21,22,25). The predicted octanol–water partition coefficient (Wildman–Crippen LogP) is 4.31. The number of rotatable bonds is 4. The van der Waals surface area contributed by atoms with Crippen molar-refractivity contribution in [3.05, 3.63) is 46.8 Å². The van der Waals surface area contributed by atoms with Gasteiger partial charge in [-0.25, -0.2) is 4.79 Å². The van der Waals surface area contributed by atoms with Crippen molar-refractivity contribution >= 4 is 11.7 Å². The van der Waals surface area contributed by atoms with Gasteiger partial charge in [0.2, 0.25) is 0 Å².